The standard InChI is InChI=1S/C50H31NO2/c1-2-11-34(12-3-1)49-41-15-7-6-14-37(41)29-48-50(49)44-31-40(25-27-47(44)53-48)51(39-24-26-46-43(30-39)42-16-8-9-17-45(42)52-46)38-22-20-33(21-23-38)36-19-18-32-10-4-5-13-35(32)28-36/h1-31H. The first-order chi connectivity index (χ1) is 26.2. The molecule has 0 N–H and O–H groups in total. The molecule has 0 aliphatic carbocycles. The molecular weight excluding hydrogens is 647 g/mol. The molecule has 0 aliphatic rings. The molecule has 2 aromatic heterocycles. The van der Waals surface area contributed by atoms with Gasteiger partial charge in [-0.1, -0.05) is 121 Å². The number of nitrogens with zero attached hydrogens (tertiary/aromatic N) is 1. The van der Waals surface area contributed by atoms with E-state index < -0.39 is 0 Å². The summed E-state index contributed by atoms with van der Waals surface area (Å²) in [7, 11) is 0. The van der Waals surface area contributed by atoms with Crippen LogP contribution in [0.15, 0.2) is 197 Å². The molecule has 248 valence electrons. The Balaban J connectivity index is 1.13. The molecule has 2 heterocycles. The maximum atomic E-state index is 6.63. The Morgan fingerprint density at radius 3 is 1.70 bits per heavy atom. The second kappa shape index (κ2) is 11.7. The summed E-state index contributed by atoms with van der Waals surface area (Å²) in [5, 5.41) is 9.23. The Morgan fingerprint density at radius 2 is 0.887 bits per heavy atom. The number of anilines is 3. The number of fused-ring (bicyclic) bond motifs is 8. The Kier molecular flexibility index (Phi) is 6.55. The van der Waals surface area contributed by atoms with Gasteiger partial charge in [-0.05, 0) is 105 Å². The van der Waals surface area contributed by atoms with E-state index in [9.17, 15) is 0 Å². The van der Waals surface area contributed by atoms with Crippen molar-refractivity contribution in [3.8, 4) is 22.3 Å². The highest BCUT2D eigenvalue weighted by Crippen LogP contribution is 2.45. The van der Waals surface area contributed by atoms with Crippen LogP contribution in [0.2, 0.25) is 0 Å². The van der Waals surface area contributed by atoms with Crippen LogP contribution in [0.1, 0.15) is 0 Å². The van der Waals surface area contributed by atoms with Crippen molar-refractivity contribution in [1.82, 2.24) is 0 Å². The molecule has 0 aliphatic heterocycles. The molecule has 0 radical (unpaired) electrons. The number of benzene rings is 9. The Hall–Kier alpha value is -7.10. The highest BCUT2D eigenvalue weighted by molar-refractivity contribution is 6.21. The van der Waals surface area contributed by atoms with E-state index >= 15 is 0 Å². The van der Waals surface area contributed by atoms with E-state index in [0.29, 0.717) is 0 Å². The first-order valence-corrected chi connectivity index (χ1v) is 18.0. The van der Waals surface area contributed by atoms with Crippen LogP contribution in [0.25, 0.3) is 87.7 Å². The zero-order valence-corrected chi connectivity index (χ0v) is 28.7. The van der Waals surface area contributed by atoms with Crippen LogP contribution in [0.5, 0.6) is 0 Å². The van der Waals surface area contributed by atoms with Crippen LogP contribution in [-0.2, 0) is 0 Å². The smallest absolute Gasteiger partial charge is 0.136 e. The third-order valence-corrected chi connectivity index (χ3v) is 10.6. The van der Waals surface area contributed by atoms with Crippen molar-refractivity contribution in [2.45, 2.75) is 0 Å². The molecule has 0 atom stereocenters. The Labute approximate surface area is 305 Å². The summed E-state index contributed by atoms with van der Waals surface area (Å²) in [6.45, 7) is 0. The van der Waals surface area contributed by atoms with Crippen LogP contribution in [-0.4, -0.2) is 0 Å². The van der Waals surface area contributed by atoms with Crippen molar-refractivity contribution < 1.29 is 8.83 Å². The molecule has 0 fully saturated rings. The predicted molar refractivity (Wildman–Crippen MR) is 222 cm³/mol. The van der Waals surface area contributed by atoms with Crippen LogP contribution in [0.4, 0.5) is 17.1 Å². The van der Waals surface area contributed by atoms with Crippen molar-refractivity contribution in [1.29, 1.82) is 0 Å². The number of para-hydroxylation sites is 1. The van der Waals surface area contributed by atoms with Crippen molar-refractivity contribution >= 4 is 82.5 Å². The van der Waals surface area contributed by atoms with Gasteiger partial charge in [0.25, 0.3) is 0 Å². The minimum absolute atomic E-state index is 0.860. The lowest BCUT2D eigenvalue weighted by atomic mass is 9.93. The summed E-state index contributed by atoms with van der Waals surface area (Å²) in [5.74, 6) is 0. The lowest BCUT2D eigenvalue weighted by Gasteiger charge is -2.26. The molecule has 0 bridgehead atoms. The van der Waals surface area contributed by atoms with Gasteiger partial charge in [0.05, 0.1) is 0 Å². The van der Waals surface area contributed by atoms with E-state index in [1.165, 1.54) is 38.4 Å². The fourth-order valence-electron chi connectivity index (χ4n) is 8.11. The molecule has 0 amide bonds. The quantitative estimate of drug-likeness (QED) is 0.182. The number of furan rings is 2. The summed E-state index contributed by atoms with van der Waals surface area (Å²) >= 11 is 0. The third kappa shape index (κ3) is 4.82. The van der Waals surface area contributed by atoms with Gasteiger partial charge in [-0.3, -0.25) is 0 Å². The zero-order chi connectivity index (χ0) is 34.9. The van der Waals surface area contributed by atoms with Gasteiger partial charge in [0.2, 0.25) is 0 Å². The van der Waals surface area contributed by atoms with E-state index in [1.807, 2.05) is 12.1 Å². The monoisotopic (exact) mass is 677 g/mol. The fourth-order valence-corrected chi connectivity index (χ4v) is 8.11. The molecule has 0 unspecified atom stereocenters. The molecule has 0 spiro atoms. The first-order valence-electron chi connectivity index (χ1n) is 18.0. The molecular formula is C50H31NO2. The normalized spacial score (nSPS) is 11.8. The van der Waals surface area contributed by atoms with E-state index in [0.717, 1.165) is 66.3 Å². The second-order valence-electron chi connectivity index (χ2n) is 13.7. The molecule has 0 saturated carbocycles. The second-order valence-corrected chi connectivity index (χ2v) is 13.7. The van der Waals surface area contributed by atoms with Gasteiger partial charge in [-0.15, -0.1) is 0 Å². The predicted octanol–water partition coefficient (Wildman–Crippen LogP) is 14.6. The summed E-state index contributed by atoms with van der Waals surface area (Å²) in [6.07, 6.45) is 0. The minimum Gasteiger partial charge on any atom is -0.456 e. The van der Waals surface area contributed by atoms with Gasteiger partial charge >= 0.3 is 0 Å². The average Bonchev–Trinajstić information content (AvgIpc) is 3.78. The van der Waals surface area contributed by atoms with E-state index in [2.05, 4.69) is 181 Å². The Bertz CT molecular complexity index is 3170. The molecule has 3 heteroatoms. The van der Waals surface area contributed by atoms with Crippen LogP contribution in [0, 0.1) is 0 Å². The molecule has 0 saturated heterocycles. The van der Waals surface area contributed by atoms with Crippen molar-refractivity contribution in [2.24, 2.45) is 0 Å². The lowest BCUT2D eigenvalue weighted by molar-refractivity contribution is 0.669. The van der Waals surface area contributed by atoms with Crippen LogP contribution >= 0.6 is 0 Å². The van der Waals surface area contributed by atoms with Crippen LogP contribution < -0.4 is 4.90 Å². The molecule has 11 aromatic rings. The van der Waals surface area contributed by atoms with Gasteiger partial charge in [0.15, 0.2) is 0 Å². The van der Waals surface area contributed by atoms with Gasteiger partial charge in [0.1, 0.15) is 22.3 Å². The third-order valence-electron chi connectivity index (χ3n) is 10.6. The van der Waals surface area contributed by atoms with Crippen LogP contribution in [0.3, 0.4) is 0 Å². The topological polar surface area (TPSA) is 29.5 Å². The van der Waals surface area contributed by atoms with Gasteiger partial charge in [-0.2, -0.15) is 0 Å². The molecule has 9 aromatic carbocycles. The van der Waals surface area contributed by atoms with E-state index in [-0.39, 0.29) is 0 Å². The highest BCUT2D eigenvalue weighted by atomic mass is 16.3. The average molecular weight is 678 g/mol. The Morgan fingerprint density at radius 1 is 0.302 bits per heavy atom. The SMILES string of the molecule is c1ccc(-c2c3ccccc3cc3oc4ccc(N(c5ccc(-c6ccc7ccccc7c6)cc5)c5ccc6oc7ccccc7c6c5)cc4c23)cc1. The number of hydrogen-bond acceptors (Lipinski definition) is 3. The van der Waals surface area contributed by atoms with E-state index in [4.69, 9.17) is 8.83 Å². The molecule has 11 rings (SSSR count). The van der Waals surface area contributed by atoms with Gasteiger partial charge in [0, 0.05) is 44.2 Å². The van der Waals surface area contributed by atoms with Gasteiger partial charge < -0.3 is 13.7 Å². The van der Waals surface area contributed by atoms with E-state index in [1.54, 1.807) is 0 Å². The maximum Gasteiger partial charge on any atom is 0.136 e. The van der Waals surface area contributed by atoms with Crippen molar-refractivity contribution in [2.75, 3.05) is 4.90 Å². The zero-order valence-electron chi connectivity index (χ0n) is 28.7. The summed E-state index contributed by atoms with van der Waals surface area (Å²) < 4.78 is 12.9. The summed E-state index contributed by atoms with van der Waals surface area (Å²) in [6, 6.07) is 66.9. The lowest BCUT2D eigenvalue weighted by Crippen LogP contribution is -2.09. The van der Waals surface area contributed by atoms with Crippen molar-refractivity contribution in [3.63, 3.8) is 0 Å². The first kappa shape index (κ1) is 29.6. The van der Waals surface area contributed by atoms with Gasteiger partial charge in [-0.25, -0.2) is 0 Å². The maximum absolute atomic E-state index is 6.63. The number of hydrogen-bond donors (Lipinski definition) is 0. The summed E-state index contributed by atoms with van der Waals surface area (Å²) in [5.41, 5.74) is 11.4. The van der Waals surface area contributed by atoms with Crippen molar-refractivity contribution in [3.05, 3.63) is 188 Å². The molecule has 53 heavy (non-hydrogen) atoms. The summed E-state index contributed by atoms with van der Waals surface area (Å²) in [4.78, 5) is 2.34. The minimum atomic E-state index is 0.860. The number of rotatable bonds is 5. The molecule has 3 nitrogen and oxygen atoms in total. The highest BCUT2D eigenvalue weighted by Gasteiger charge is 2.20. The largest absolute Gasteiger partial charge is 0.456 e. The fraction of sp³-hybridized carbons (Fsp3) is 0.